The Balaban J connectivity index is 1.83. The summed E-state index contributed by atoms with van der Waals surface area (Å²) in [4.78, 5) is 20.2. The van der Waals surface area contributed by atoms with Gasteiger partial charge in [-0.25, -0.2) is 19.2 Å². The van der Waals surface area contributed by atoms with Gasteiger partial charge in [0.15, 0.2) is 5.82 Å². The Morgan fingerprint density at radius 2 is 2.12 bits per heavy atom. The van der Waals surface area contributed by atoms with Gasteiger partial charge < -0.3 is 4.42 Å². The molecule has 0 aliphatic heterocycles. The molecule has 0 saturated heterocycles. The zero-order chi connectivity index (χ0) is 17.4. The highest BCUT2D eigenvalue weighted by Crippen LogP contribution is 2.19. The highest BCUT2D eigenvalue weighted by molar-refractivity contribution is 5.80. The summed E-state index contributed by atoms with van der Waals surface area (Å²) in [6.07, 6.45) is 10.1. The minimum Gasteiger partial charge on any atom is -0.401 e. The van der Waals surface area contributed by atoms with Crippen molar-refractivity contribution in [2.24, 2.45) is 0 Å². The maximum absolute atomic E-state index is 13.7. The van der Waals surface area contributed by atoms with Gasteiger partial charge >= 0.3 is 5.63 Å². The molecule has 0 radical (unpaired) electrons. The summed E-state index contributed by atoms with van der Waals surface area (Å²) in [6.45, 7) is 0. The van der Waals surface area contributed by atoms with E-state index in [4.69, 9.17) is 10.8 Å². The highest BCUT2D eigenvalue weighted by Gasteiger charge is 2.13. The molecule has 0 amide bonds. The van der Waals surface area contributed by atoms with E-state index in [1.165, 1.54) is 6.07 Å². The largest absolute Gasteiger partial charge is 0.401 e. The van der Waals surface area contributed by atoms with Crippen molar-refractivity contribution in [3.63, 3.8) is 0 Å². The second-order valence-corrected chi connectivity index (χ2v) is 5.05. The van der Waals surface area contributed by atoms with E-state index in [2.05, 4.69) is 26.1 Å². The van der Waals surface area contributed by atoms with Crippen LogP contribution >= 0.6 is 0 Å². The number of hydrogen-bond donors (Lipinski definition) is 0. The van der Waals surface area contributed by atoms with Crippen LogP contribution in [0.3, 0.4) is 0 Å². The van der Waals surface area contributed by atoms with Gasteiger partial charge in [0, 0.05) is 12.4 Å². The average molecular weight is 333 g/mol. The van der Waals surface area contributed by atoms with E-state index in [9.17, 15) is 9.18 Å². The Kier molecular flexibility index (Phi) is 3.32. The molecule has 120 valence electrons. The van der Waals surface area contributed by atoms with Gasteiger partial charge in [0.1, 0.15) is 17.8 Å². The van der Waals surface area contributed by atoms with Crippen LogP contribution in [0, 0.1) is 18.2 Å². The van der Waals surface area contributed by atoms with Gasteiger partial charge in [-0.2, -0.15) is 0 Å². The molecule has 3 aromatic heterocycles. The van der Waals surface area contributed by atoms with Gasteiger partial charge in [-0.3, -0.25) is 4.57 Å². The lowest BCUT2D eigenvalue weighted by molar-refractivity contribution is 0.514. The van der Waals surface area contributed by atoms with Crippen LogP contribution in [0.5, 0.6) is 0 Å². The number of fused-ring (bicyclic) bond motifs is 1. The molecule has 4 rings (SSSR count). The maximum atomic E-state index is 13.7. The summed E-state index contributed by atoms with van der Waals surface area (Å²) in [5, 5.41) is 8.04. The number of nitrogens with zero attached hydrogens (tertiary/aromatic N) is 5. The van der Waals surface area contributed by atoms with Crippen molar-refractivity contribution in [2.75, 3.05) is 0 Å². The highest BCUT2D eigenvalue weighted by atomic mass is 19.1. The molecular weight excluding hydrogens is 325 g/mol. The van der Waals surface area contributed by atoms with Crippen LogP contribution in [-0.4, -0.2) is 24.7 Å². The predicted octanol–water partition coefficient (Wildman–Crippen LogP) is 1.95. The number of rotatable bonds is 2. The van der Waals surface area contributed by atoms with Crippen LogP contribution in [0.4, 0.5) is 4.39 Å². The Bertz CT molecular complexity index is 1170. The predicted molar refractivity (Wildman–Crippen MR) is 86.3 cm³/mol. The molecule has 0 bridgehead atoms. The fraction of sp³-hybridized carbons (Fsp3) is 0. The van der Waals surface area contributed by atoms with E-state index in [1.54, 1.807) is 35.4 Å². The SMILES string of the molecule is C#Cc1cc2nc(-c3ccc(-n4ccnc4)nn3)oc(=O)c2cc1F. The molecule has 0 aliphatic carbocycles. The number of aromatic nitrogens is 5. The van der Waals surface area contributed by atoms with Crippen molar-refractivity contribution < 1.29 is 8.81 Å². The van der Waals surface area contributed by atoms with Crippen molar-refractivity contribution in [1.29, 1.82) is 0 Å². The molecule has 0 unspecified atom stereocenters. The minimum atomic E-state index is -0.733. The molecule has 8 heteroatoms. The van der Waals surface area contributed by atoms with E-state index in [-0.39, 0.29) is 28.1 Å². The first-order valence-electron chi connectivity index (χ1n) is 7.09. The Morgan fingerprint density at radius 3 is 2.80 bits per heavy atom. The summed E-state index contributed by atoms with van der Waals surface area (Å²) in [5.74, 6) is 2.04. The molecule has 25 heavy (non-hydrogen) atoms. The second kappa shape index (κ2) is 5.65. The van der Waals surface area contributed by atoms with E-state index < -0.39 is 11.4 Å². The number of hydrogen-bond acceptors (Lipinski definition) is 6. The summed E-state index contributed by atoms with van der Waals surface area (Å²) in [5.41, 5.74) is -0.239. The molecule has 0 saturated carbocycles. The van der Waals surface area contributed by atoms with Gasteiger partial charge in [0.25, 0.3) is 5.89 Å². The smallest absolute Gasteiger partial charge is 0.347 e. The molecule has 0 aliphatic rings. The van der Waals surface area contributed by atoms with Crippen LogP contribution in [0.2, 0.25) is 0 Å². The summed E-state index contributed by atoms with van der Waals surface area (Å²) >= 11 is 0. The molecule has 0 spiro atoms. The fourth-order valence-corrected chi connectivity index (χ4v) is 2.28. The van der Waals surface area contributed by atoms with Crippen molar-refractivity contribution in [2.45, 2.75) is 0 Å². The topological polar surface area (TPSA) is 86.7 Å². The fourth-order valence-electron chi connectivity index (χ4n) is 2.28. The second-order valence-electron chi connectivity index (χ2n) is 5.05. The molecule has 0 N–H and O–H groups in total. The van der Waals surface area contributed by atoms with E-state index >= 15 is 0 Å². The third-order valence-electron chi connectivity index (χ3n) is 3.51. The van der Waals surface area contributed by atoms with Gasteiger partial charge in [-0.1, -0.05) is 5.92 Å². The van der Waals surface area contributed by atoms with Crippen molar-refractivity contribution in [1.82, 2.24) is 24.7 Å². The number of imidazole rings is 1. The van der Waals surface area contributed by atoms with E-state index in [0.717, 1.165) is 6.07 Å². The number of halogens is 1. The Morgan fingerprint density at radius 1 is 1.24 bits per heavy atom. The molecule has 7 nitrogen and oxygen atoms in total. The number of benzene rings is 1. The monoisotopic (exact) mass is 333 g/mol. The Hall–Kier alpha value is -3.86. The zero-order valence-corrected chi connectivity index (χ0v) is 12.5. The first kappa shape index (κ1) is 14.7. The van der Waals surface area contributed by atoms with Gasteiger partial charge in [-0.05, 0) is 24.3 Å². The quantitative estimate of drug-likeness (QED) is 0.521. The lowest BCUT2D eigenvalue weighted by atomic mass is 10.1. The summed E-state index contributed by atoms with van der Waals surface area (Å²) in [6, 6.07) is 5.61. The van der Waals surface area contributed by atoms with Crippen LogP contribution in [0.1, 0.15) is 5.56 Å². The van der Waals surface area contributed by atoms with Crippen LogP contribution < -0.4 is 5.63 Å². The normalized spacial score (nSPS) is 10.7. The maximum Gasteiger partial charge on any atom is 0.347 e. The third-order valence-corrected chi connectivity index (χ3v) is 3.51. The number of terminal acetylenes is 1. The van der Waals surface area contributed by atoms with E-state index in [0.29, 0.717) is 5.82 Å². The first-order valence-corrected chi connectivity index (χ1v) is 7.09. The average Bonchev–Trinajstić information content (AvgIpc) is 3.16. The first-order chi connectivity index (χ1) is 12.2. The van der Waals surface area contributed by atoms with Crippen LogP contribution in [0.15, 0.2) is 52.2 Å². The van der Waals surface area contributed by atoms with Gasteiger partial charge in [0.05, 0.1) is 16.5 Å². The van der Waals surface area contributed by atoms with Crippen LogP contribution in [0.25, 0.3) is 28.3 Å². The molecule has 0 fully saturated rings. The zero-order valence-electron chi connectivity index (χ0n) is 12.5. The molecule has 3 heterocycles. The lowest BCUT2D eigenvalue weighted by Crippen LogP contribution is -2.06. The summed E-state index contributed by atoms with van der Waals surface area (Å²) in [7, 11) is 0. The summed E-state index contributed by atoms with van der Waals surface area (Å²) < 4.78 is 20.5. The third kappa shape index (κ3) is 2.53. The minimum absolute atomic E-state index is 0.00300. The lowest BCUT2D eigenvalue weighted by Gasteiger charge is -2.03. The molecule has 4 aromatic rings. The molecule has 1 aromatic carbocycles. The van der Waals surface area contributed by atoms with Gasteiger partial charge in [0.2, 0.25) is 0 Å². The van der Waals surface area contributed by atoms with Crippen molar-refractivity contribution in [3.05, 3.63) is 64.8 Å². The van der Waals surface area contributed by atoms with E-state index in [1.807, 2.05) is 0 Å². The Labute approximate surface area is 139 Å². The van der Waals surface area contributed by atoms with Crippen molar-refractivity contribution >= 4 is 10.9 Å². The van der Waals surface area contributed by atoms with Gasteiger partial charge in [-0.15, -0.1) is 16.6 Å². The molecule has 0 atom stereocenters. The standard InChI is InChI=1S/C17H8FN5O2/c1-2-10-7-14-11(8-12(10)18)17(24)25-16(20-14)13-3-4-15(22-21-13)23-6-5-19-9-23/h1,3-9H. The van der Waals surface area contributed by atoms with Crippen molar-refractivity contribution in [3.8, 4) is 29.7 Å². The van der Waals surface area contributed by atoms with Crippen LogP contribution in [-0.2, 0) is 0 Å². The molecular formula is C17H8FN5O2.